The van der Waals surface area contributed by atoms with Gasteiger partial charge in [-0.1, -0.05) is 12.5 Å². The summed E-state index contributed by atoms with van der Waals surface area (Å²) in [4.78, 5) is 2.38. The van der Waals surface area contributed by atoms with E-state index in [1.807, 2.05) is 28.8 Å². The van der Waals surface area contributed by atoms with Crippen molar-refractivity contribution in [3.8, 4) is 6.07 Å². The van der Waals surface area contributed by atoms with Crippen LogP contribution in [0.15, 0.2) is 30.6 Å². The number of nitriles is 1. The highest BCUT2D eigenvalue weighted by Gasteiger charge is 2.29. The number of aromatic nitrogens is 1. The van der Waals surface area contributed by atoms with E-state index < -0.39 is 0 Å². The number of nitrogens with zero attached hydrogens (tertiary/aromatic N) is 3. The summed E-state index contributed by atoms with van der Waals surface area (Å²) < 4.78 is 2.04. The Hall–Kier alpha value is -1.83. The molecule has 2 aromatic heterocycles. The summed E-state index contributed by atoms with van der Waals surface area (Å²) in [6.45, 7) is 1.57. The van der Waals surface area contributed by atoms with Gasteiger partial charge in [0.2, 0.25) is 0 Å². The standard InChI is InChI=1S/C17H22N4/c1-20(16-7-4-5-13(16)9-18)11-14-12-21-8-3-2-6-17(21)15(14)10-19/h2-3,6,8,12-13,16H,4-5,7,9,11,18H2,1H3. The van der Waals surface area contributed by atoms with Crippen molar-refractivity contribution in [2.75, 3.05) is 13.6 Å². The van der Waals surface area contributed by atoms with Crippen molar-refractivity contribution in [3.63, 3.8) is 0 Å². The number of hydrogen-bond donors (Lipinski definition) is 1. The van der Waals surface area contributed by atoms with E-state index in [0.717, 1.165) is 29.7 Å². The van der Waals surface area contributed by atoms with Gasteiger partial charge in [-0.2, -0.15) is 5.26 Å². The Kier molecular flexibility index (Phi) is 3.96. The van der Waals surface area contributed by atoms with Crippen LogP contribution in [0.5, 0.6) is 0 Å². The fourth-order valence-electron chi connectivity index (χ4n) is 3.68. The van der Waals surface area contributed by atoms with Gasteiger partial charge in [-0.3, -0.25) is 4.90 Å². The maximum absolute atomic E-state index is 9.48. The number of nitrogens with two attached hydrogens (primary N) is 1. The zero-order chi connectivity index (χ0) is 14.8. The van der Waals surface area contributed by atoms with E-state index in [1.165, 1.54) is 19.3 Å². The number of pyridine rings is 1. The number of hydrogen-bond acceptors (Lipinski definition) is 3. The van der Waals surface area contributed by atoms with Crippen LogP contribution >= 0.6 is 0 Å². The van der Waals surface area contributed by atoms with E-state index in [-0.39, 0.29) is 0 Å². The monoisotopic (exact) mass is 282 g/mol. The topological polar surface area (TPSA) is 57.5 Å². The Balaban J connectivity index is 1.86. The summed E-state index contributed by atoms with van der Waals surface area (Å²) in [5, 5.41) is 9.48. The fraction of sp³-hybridized carbons (Fsp3) is 0.471. The second-order valence-electron chi connectivity index (χ2n) is 6.04. The molecule has 110 valence electrons. The molecule has 1 fully saturated rings. The van der Waals surface area contributed by atoms with Crippen LogP contribution < -0.4 is 5.73 Å². The molecule has 1 aliphatic rings. The van der Waals surface area contributed by atoms with E-state index in [4.69, 9.17) is 5.73 Å². The molecule has 4 nitrogen and oxygen atoms in total. The third-order valence-electron chi connectivity index (χ3n) is 4.78. The molecule has 0 bridgehead atoms. The Bertz CT molecular complexity index is 667. The highest BCUT2D eigenvalue weighted by Crippen LogP contribution is 2.30. The Labute approximate surface area is 125 Å². The first-order chi connectivity index (χ1) is 10.2. The van der Waals surface area contributed by atoms with Gasteiger partial charge in [0.15, 0.2) is 0 Å². The number of rotatable bonds is 4. The Morgan fingerprint density at radius 3 is 3.05 bits per heavy atom. The van der Waals surface area contributed by atoms with Gasteiger partial charge in [-0.05, 0) is 44.5 Å². The molecule has 0 aromatic carbocycles. The molecule has 21 heavy (non-hydrogen) atoms. The number of fused-ring (bicyclic) bond motifs is 1. The minimum atomic E-state index is 0.546. The Morgan fingerprint density at radius 1 is 1.43 bits per heavy atom. The second kappa shape index (κ2) is 5.88. The minimum absolute atomic E-state index is 0.546. The maximum Gasteiger partial charge on any atom is 0.102 e. The van der Waals surface area contributed by atoms with Gasteiger partial charge in [-0.15, -0.1) is 0 Å². The van der Waals surface area contributed by atoms with E-state index in [2.05, 4.69) is 24.2 Å². The molecule has 2 N–H and O–H groups in total. The summed E-state index contributed by atoms with van der Waals surface area (Å²) in [6.07, 6.45) is 7.79. The predicted molar refractivity (Wildman–Crippen MR) is 83.8 cm³/mol. The summed E-state index contributed by atoms with van der Waals surface area (Å²) >= 11 is 0. The van der Waals surface area contributed by atoms with Gasteiger partial charge >= 0.3 is 0 Å². The van der Waals surface area contributed by atoms with Crippen LogP contribution in [-0.4, -0.2) is 28.9 Å². The largest absolute Gasteiger partial charge is 0.330 e. The van der Waals surface area contributed by atoms with Gasteiger partial charge in [0.1, 0.15) is 6.07 Å². The van der Waals surface area contributed by atoms with E-state index in [9.17, 15) is 5.26 Å². The molecule has 2 atom stereocenters. The lowest BCUT2D eigenvalue weighted by Crippen LogP contribution is -2.37. The summed E-state index contributed by atoms with van der Waals surface area (Å²) in [5.41, 5.74) is 8.78. The smallest absolute Gasteiger partial charge is 0.102 e. The molecule has 0 aliphatic heterocycles. The molecule has 3 rings (SSSR count). The first-order valence-corrected chi connectivity index (χ1v) is 7.63. The van der Waals surface area contributed by atoms with E-state index in [1.54, 1.807) is 0 Å². The molecule has 2 unspecified atom stereocenters. The maximum atomic E-state index is 9.48. The molecule has 0 spiro atoms. The zero-order valence-corrected chi connectivity index (χ0v) is 12.5. The lowest BCUT2D eigenvalue weighted by atomic mass is 10.0. The second-order valence-corrected chi connectivity index (χ2v) is 6.04. The molecule has 0 saturated heterocycles. The van der Waals surface area contributed by atoms with Gasteiger partial charge in [-0.25, -0.2) is 0 Å². The van der Waals surface area contributed by atoms with Crippen molar-refractivity contribution in [2.45, 2.75) is 31.8 Å². The lowest BCUT2D eigenvalue weighted by Gasteiger charge is -2.28. The van der Waals surface area contributed by atoms with Crippen molar-refractivity contribution >= 4 is 5.52 Å². The first kappa shape index (κ1) is 14.1. The van der Waals surface area contributed by atoms with E-state index >= 15 is 0 Å². The summed E-state index contributed by atoms with van der Waals surface area (Å²) in [5.74, 6) is 0.595. The molecule has 0 amide bonds. The van der Waals surface area contributed by atoms with Gasteiger partial charge < -0.3 is 10.1 Å². The van der Waals surface area contributed by atoms with Crippen LogP contribution in [0.25, 0.3) is 5.52 Å². The third-order valence-corrected chi connectivity index (χ3v) is 4.78. The normalized spacial score (nSPS) is 22.0. The quantitative estimate of drug-likeness (QED) is 0.936. The lowest BCUT2D eigenvalue weighted by molar-refractivity contribution is 0.193. The SMILES string of the molecule is CN(Cc1cn2ccccc2c1C#N)C1CCCC1CN. The molecular weight excluding hydrogens is 260 g/mol. The molecule has 2 heterocycles. The van der Waals surface area contributed by atoms with Crippen molar-refractivity contribution in [1.82, 2.24) is 9.30 Å². The summed E-state index contributed by atoms with van der Waals surface area (Å²) in [6, 6.07) is 8.88. The van der Waals surface area contributed by atoms with Crippen molar-refractivity contribution in [1.29, 1.82) is 5.26 Å². The zero-order valence-electron chi connectivity index (χ0n) is 12.5. The van der Waals surface area contributed by atoms with Crippen molar-refractivity contribution < 1.29 is 0 Å². The fourth-order valence-corrected chi connectivity index (χ4v) is 3.68. The first-order valence-electron chi connectivity index (χ1n) is 7.63. The average molecular weight is 282 g/mol. The molecule has 1 aliphatic carbocycles. The molecule has 1 saturated carbocycles. The highest BCUT2D eigenvalue weighted by atomic mass is 15.1. The molecule has 2 aromatic rings. The Morgan fingerprint density at radius 2 is 2.29 bits per heavy atom. The minimum Gasteiger partial charge on any atom is -0.330 e. The van der Waals surface area contributed by atoms with Gasteiger partial charge in [0.25, 0.3) is 0 Å². The molecule has 4 heteroatoms. The van der Waals surface area contributed by atoms with Gasteiger partial charge in [0.05, 0.1) is 11.1 Å². The summed E-state index contributed by atoms with van der Waals surface area (Å²) in [7, 11) is 2.15. The van der Waals surface area contributed by atoms with Crippen LogP contribution in [0.1, 0.15) is 30.4 Å². The highest BCUT2D eigenvalue weighted by molar-refractivity contribution is 5.65. The van der Waals surface area contributed by atoms with Crippen LogP contribution in [-0.2, 0) is 6.54 Å². The van der Waals surface area contributed by atoms with Crippen LogP contribution in [0, 0.1) is 17.2 Å². The molecule has 0 radical (unpaired) electrons. The third kappa shape index (κ3) is 2.55. The van der Waals surface area contributed by atoms with Crippen LogP contribution in [0.2, 0.25) is 0 Å². The molecular formula is C17H22N4. The average Bonchev–Trinajstić information content (AvgIpc) is 3.10. The van der Waals surface area contributed by atoms with E-state index in [0.29, 0.717) is 12.0 Å². The van der Waals surface area contributed by atoms with Crippen LogP contribution in [0.4, 0.5) is 0 Å². The van der Waals surface area contributed by atoms with Crippen molar-refractivity contribution in [3.05, 3.63) is 41.7 Å². The predicted octanol–water partition coefficient (Wildman–Crippen LogP) is 2.37. The van der Waals surface area contributed by atoms with Crippen molar-refractivity contribution in [2.24, 2.45) is 11.7 Å². The van der Waals surface area contributed by atoms with Gasteiger partial charge in [0, 0.05) is 30.5 Å². The van der Waals surface area contributed by atoms with Crippen LogP contribution in [0.3, 0.4) is 0 Å².